The van der Waals surface area contributed by atoms with E-state index in [9.17, 15) is 0 Å². The fourth-order valence-electron chi connectivity index (χ4n) is 5.84. The molecule has 2 atom stereocenters. The van der Waals surface area contributed by atoms with E-state index in [0.29, 0.717) is 0 Å². The molecule has 2 aliphatic carbocycles. The van der Waals surface area contributed by atoms with Gasteiger partial charge in [-0.25, -0.2) is 0 Å². The summed E-state index contributed by atoms with van der Waals surface area (Å²) in [5.41, 5.74) is 11.8. The summed E-state index contributed by atoms with van der Waals surface area (Å²) in [5, 5.41) is 0. The number of fused-ring (bicyclic) bond motifs is 8. The fourth-order valence-corrected chi connectivity index (χ4v) is 20.0. The van der Waals surface area contributed by atoms with Crippen LogP contribution < -0.4 is 0 Å². The molecule has 1 aliphatic heterocycles. The van der Waals surface area contributed by atoms with E-state index >= 15 is 0 Å². The van der Waals surface area contributed by atoms with Crippen LogP contribution in [0.15, 0.2) is 59.7 Å². The Hall–Kier alpha value is -0.617. The van der Waals surface area contributed by atoms with Gasteiger partial charge >= 0.3 is 175 Å². The van der Waals surface area contributed by atoms with Crippen LogP contribution in [-0.2, 0) is 17.9 Å². The van der Waals surface area contributed by atoms with Crippen molar-refractivity contribution in [3.05, 3.63) is 81.9 Å². The summed E-state index contributed by atoms with van der Waals surface area (Å²) in [6, 6.07) is 17.8. The average molecular weight is 475 g/mol. The molecule has 0 aromatic heterocycles. The Labute approximate surface area is 173 Å². The van der Waals surface area contributed by atoms with E-state index in [-0.39, 0.29) is 7.25 Å². The summed E-state index contributed by atoms with van der Waals surface area (Å²) in [7, 11) is 15.2. The summed E-state index contributed by atoms with van der Waals surface area (Å²) in [4.78, 5) is 0. The fraction of sp³-hybridized carbons (Fsp3) is 0.333. The van der Waals surface area contributed by atoms with Crippen molar-refractivity contribution < 1.29 is 17.9 Å². The van der Waals surface area contributed by atoms with Gasteiger partial charge in [0.25, 0.3) is 0 Å². The van der Waals surface area contributed by atoms with E-state index < -0.39 is 17.9 Å². The Morgan fingerprint density at radius 1 is 0.741 bits per heavy atom. The quantitative estimate of drug-likeness (QED) is 0.413. The van der Waals surface area contributed by atoms with E-state index in [0.717, 1.165) is 25.7 Å². The maximum absolute atomic E-state index is 7.62. The normalized spacial score (nSPS) is 25.0. The zero-order valence-corrected chi connectivity index (χ0v) is 19.8. The molecule has 3 heteroatoms. The van der Waals surface area contributed by atoms with Crippen molar-refractivity contribution in [2.45, 2.75) is 46.8 Å². The molecule has 0 spiro atoms. The first-order chi connectivity index (χ1) is 13.1. The van der Waals surface area contributed by atoms with Gasteiger partial charge in [-0.1, -0.05) is 0 Å². The van der Waals surface area contributed by atoms with Crippen molar-refractivity contribution in [2.75, 3.05) is 0 Å². The molecule has 0 N–H and O–H groups in total. The van der Waals surface area contributed by atoms with E-state index in [2.05, 4.69) is 62.4 Å². The summed E-state index contributed by atoms with van der Waals surface area (Å²) in [6.45, 7) is 4.57. The molecule has 27 heavy (non-hydrogen) atoms. The second-order valence-electron chi connectivity index (χ2n) is 7.93. The Morgan fingerprint density at radius 2 is 1.15 bits per heavy atom. The first-order valence-electron chi connectivity index (χ1n) is 10.1. The number of allylic oxidation sites excluding steroid dienone is 4. The predicted molar refractivity (Wildman–Crippen MR) is 114 cm³/mol. The van der Waals surface area contributed by atoms with E-state index in [1.165, 1.54) is 44.5 Å². The van der Waals surface area contributed by atoms with Crippen molar-refractivity contribution in [1.29, 1.82) is 0 Å². The van der Waals surface area contributed by atoms with Crippen molar-refractivity contribution >= 4 is 28.2 Å². The number of rotatable bonds is 2. The molecule has 4 bridgehead atoms. The van der Waals surface area contributed by atoms with Crippen LogP contribution >= 0.6 is 17.0 Å². The van der Waals surface area contributed by atoms with Crippen molar-refractivity contribution in [3.63, 3.8) is 0 Å². The molecule has 2 unspecified atom stereocenters. The first-order valence-corrected chi connectivity index (χ1v) is 19.3. The third kappa shape index (κ3) is 2.51. The van der Waals surface area contributed by atoms with Gasteiger partial charge in [-0.05, 0) is 0 Å². The van der Waals surface area contributed by atoms with Crippen molar-refractivity contribution in [2.24, 2.45) is 0 Å². The van der Waals surface area contributed by atoms with Crippen LogP contribution in [0.1, 0.15) is 69.0 Å². The summed E-state index contributed by atoms with van der Waals surface area (Å²) < 4.78 is 0.548. The van der Waals surface area contributed by atoms with Gasteiger partial charge < -0.3 is 0 Å². The molecule has 0 saturated heterocycles. The number of hydrogen-bond donors (Lipinski definition) is 0. The molecule has 0 radical (unpaired) electrons. The third-order valence-electron chi connectivity index (χ3n) is 6.82. The van der Waals surface area contributed by atoms with Crippen LogP contribution in [0, 0.1) is 0 Å². The summed E-state index contributed by atoms with van der Waals surface area (Å²) in [5.74, 6) is 0. The molecule has 0 amide bonds. The van der Waals surface area contributed by atoms with Gasteiger partial charge in [-0.15, -0.1) is 0 Å². The van der Waals surface area contributed by atoms with Gasteiger partial charge in [-0.2, -0.15) is 0 Å². The van der Waals surface area contributed by atoms with Gasteiger partial charge in [0.15, 0.2) is 0 Å². The third-order valence-corrected chi connectivity index (χ3v) is 19.0. The van der Waals surface area contributed by atoms with Gasteiger partial charge in [-0.3, -0.25) is 0 Å². The molecule has 5 rings (SSSR count). The number of halogens is 2. The predicted octanol–water partition coefficient (Wildman–Crippen LogP) is 8.08. The first kappa shape index (κ1) is 18.4. The SMILES string of the molecule is CCC1=C2CCC3=C(CC)[CH](c4ccccc43)[Zr]([Cl])([Cl])[CH]1c1ccccc12. The zero-order chi connectivity index (χ0) is 18.8. The molecule has 0 fully saturated rings. The Kier molecular flexibility index (Phi) is 4.58. The molecule has 1 heterocycles. The van der Waals surface area contributed by atoms with Gasteiger partial charge in [0.1, 0.15) is 0 Å². The minimum atomic E-state index is -3.67. The van der Waals surface area contributed by atoms with Crippen LogP contribution in [0.5, 0.6) is 0 Å². The Morgan fingerprint density at radius 3 is 1.56 bits per heavy atom. The number of benzene rings is 2. The maximum atomic E-state index is 7.62. The summed E-state index contributed by atoms with van der Waals surface area (Å²) >= 11 is -3.67. The van der Waals surface area contributed by atoms with Crippen LogP contribution in [0.3, 0.4) is 0 Å². The standard InChI is InChI=1S/C24H24.2ClH.Zr/c1-3-17-15-19-9-5-7-11-21(19)23(17)13-14-24-18(4-2)16-20-10-6-8-12-22(20)24;;;/h5-12,15-16H,3-4,13-14H2,1-2H3;2*1H;/q;;;+2/p-2. The topological polar surface area (TPSA) is 0 Å². The average Bonchev–Trinajstić information content (AvgIpc) is 3.19. The second-order valence-corrected chi connectivity index (χ2v) is 22.6. The molecular formula is C24H24Cl2Zr. The molecule has 2 aromatic carbocycles. The zero-order valence-electron chi connectivity index (χ0n) is 15.9. The van der Waals surface area contributed by atoms with Crippen LogP contribution in [0.25, 0.3) is 11.1 Å². The Bertz CT molecular complexity index is 919. The Balaban J connectivity index is 1.80. The molecule has 138 valence electrons. The van der Waals surface area contributed by atoms with Gasteiger partial charge in [0.05, 0.1) is 0 Å². The van der Waals surface area contributed by atoms with Crippen LogP contribution in [-0.4, -0.2) is 0 Å². The van der Waals surface area contributed by atoms with E-state index in [1.807, 2.05) is 0 Å². The van der Waals surface area contributed by atoms with Crippen molar-refractivity contribution in [3.8, 4) is 0 Å². The van der Waals surface area contributed by atoms with Crippen LogP contribution in [0.4, 0.5) is 0 Å². The molecule has 0 nitrogen and oxygen atoms in total. The van der Waals surface area contributed by atoms with E-state index in [1.54, 1.807) is 0 Å². The number of hydrogen-bond acceptors (Lipinski definition) is 0. The minimum absolute atomic E-state index is 0.274. The van der Waals surface area contributed by atoms with Crippen molar-refractivity contribution in [1.82, 2.24) is 0 Å². The molecule has 0 saturated carbocycles. The molecule has 2 aromatic rings. The summed E-state index contributed by atoms with van der Waals surface area (Å²) in [6.07, 6.45) is 4.31. The van der Waals surface area contributed by atoms with Gasteiger partial charge in [0, 0.05) is 0 Å². The molecule has 3 aliphatic rings. The van der Waals surface area contributed by atoms with E-state index in [4.69, 9.17) is 17.0 Å². The molecular weight excluding hydrogens is 450 g/mol. The monoisotopic (exact) mass is 472 g/mol. The van der Waals surface area contributed by atoms with Gasteiger partial charge in [0.2, 0.25) is 0 Å². The second kappa shape index (κ2) is 6.72. The van der Waals surface area contributed by atoms with Crippen LogP contribution in [0.2, 0.25) is 0 Å².